The predicted molar refractivity (Wildman–Crippen MR) is 236 cm³/mol. The molecule has 0 aliphatic heterocycles. The number of carbonyl (C=O) groups is 1. The van der Waals surface area contributed by atoms with Crippen molar-refractivity contribution in [3.8, 4) is 0 Å². The highest BCUT2D eigenvalue weighted by atomic mass is 31.2. The van der Waals surface area contributed by atoms with Crippen molar-refractivity contribution < 1.29 is 37.3 Å². The lowest BCUT2D eigenvalue weighted by molar-refractivity contribution is -0.870. The zero-order chi connectivity index (χ0) is 41.3. The topological polar surface area (TPSA) is 94.1 Å². The number of esters is 1. The summed E-state index contributed by atoms with van der Waals surface area (Å²) in [6, 6.07) is 0. The second kappa shape index (κ2) is 40.0. The molecular weight excluding hydrogens is 721 g/mol. The molecule has 326 valence electrons. The standard InChI is InChI=1S/C47H86NO7P/c1-6-8-10-12-14-16-18-20-21-22-23-24-25-26-27-28-29-31-33-35-37-39-42-52-44-46(45-54-56(50,51)53-43-41-48(3,4)5)55-47(49)40-38-36-34-32-30-19-17-15-13-11-9-7-2/h8,10,14-17,20-21,23-24,46H,6-7,9,11-13,18-19,22,25-45H2,1-5H3/b10-8-,16-14-,17-15-,21-20-,24-23-. The molecule has 8 nitrogen and oxygen atoms in total. The molecule has 0 aromatic heterocycles. The van der Waals surface area contributed by atoms with E-state index in [1.807, 2.05) is 21.1 Å². The highest BCUT2D eigenvalue weighted by Crippen LogP contribution is 2.38. The quantitative estimate of drug-likeness (QED) is 0.0200. The number of likely N-dealkylation sites (N-methyl/N-ethyl adjacent to an activating group) is 1. The Kier molecular flexibility index (Phi) is 38.7. The van der Waals surface area contributed by atoms with E-state index in [4.69, 9.17) is 18.5 Å². The smallest absolute Gasteiger partial charge is 0.306 e. The summed E-state index contributed by atoms with van der Waals surface area (Å²) in [6.45, 7) is 5.24. The third-order valence-electron chi connectivity index (χ3n) is 9.30. The first-order valence-corrected chi connectivity index (χ1v) is 24.0. The summed E-state index contributed by atoms with van der Waals surface area (Å²) in [5.41, 5.74) is 0. The molecule has 9 heteroatoms. The maximum Gasteiger partial charge on any atom is 0.306 e. The number of phosphoric acid groups is 1. The van der Waals surface area contributed by atoms with Crippen molar-refractivity contribution in [2.45, 2.75) is 180 Å². The van der Waals surface area contributed by atoms with Crippen LogP contribution in [0, 0.1) is 0 Å². The minimum Gasteiger partial charge on any atom is -0.756 e. The highest BCUT2D eigenvalue weighted by molar-refractivity contribution is 7.45. The molecule has 0 aromatic rings. The number of rotatable bonds is 41. The Labute approximate surface area is 345 Å². The Hall–Kier alpha value is -1.80. The molecule has 56 heavy (non-hydrogen) atoms. The van der Waals surface area contributed by atoms with Crippen LogP contribution >= 0.6 is 7.82 Å². The number of carbonyl (C=O) groups excluding carboxylic acids is 1. The lowest BCUT2D eigenvalue weighted by Crippen LogP contribution is -2.37. The Morgan fingerprint density at radius 3 is 1.57 bits per heavy atom. The van der Waals surface area contributed by atoms with Gasteiger partial charge >= 0.3 is 5.97 Å². The van der Waals surface area contributed by atoms with Crippen LogP contribution in [0.1, 0.15) is 174 Å². The van der Waals surface area contributed by atoms with Crippen LogP contribution in [-0.2, 0) is 27.9 Å². The largest absolute Gasteiger partial charge is 0.756 e. The molecule has 0 spiro atoms. The van der Waals surface area contributed by atoms with Crippen LogP contribution in [0.2, 0.25) is 0 Å². The van der Waals surface area contributed by atoms with Gasteiger partial charge in [0.2, 0.25) is 0 Å². The number of hydrogen-bond acceptors (Lipinski definition) is 7. The lowest BCUT2D eigenvalue weighted by atomic mass is 10.1. The van der Waals surface area contributed by atoms with Crippen molar-refractivity contribution in [1.29, 1.82) is 0 Å². The zero-order valence-corrected chi connectivity index (χ0v) is 37.7. The van der Waals surface area contributed by atoms with E-state index in [0.29, 0.717) is 24.1 Å². The average Bonchev–Trinajstić information content (AvgIpc) is 3.15. The van der Waals surface area contributed by atoms with Gasteiger partial charge in [0.15, 0.2) is 0 Å². The fourth-order valence-electron chi connectivity index (χ4n) is 5.82. The Bertz CT molecular complexity index is 1080. The Morgan fingerprint density at radius 1 is 0.571 bits per heavy atom. The van der Waals surface area contributed by atoms with Crippen molar-refractivity contribution >= 4 is 13.8 Å². The van der Waals surface area contributed by atoms with Gasteiger partial charge in [-0.05, 0) is 77.0 Å². The minimum atomic E-state index is -4.53. The van der Waals surface area contributed by atoms with Crippen molar-refractivity contribution in [1.82, 2.24) is 0 Å². The highest BCUT2D eigenvalue weighted by Gasteiger charge is 2.20. The van der Waals surface area contributed by atoms with Gasteiger partial charge in [-0.15, -0.1) is 0 Å². The molecule has 0 fully saturated rings. The van der Waals surface area contributed by atoms with E-state index in [-0.39, 0.29) is 25.8 Å². The van der Waals surface area contributed by atoms with Crippen LogP contribution in [0.5, 0.6) is 0 Å². The van der Waals surface area contributed by atoms with E-state index in [0.717, 1.165) is 70.6 Å². The fourth-order valence-corrected chi connectivity index (χ4v) is 6.55. The molecule has 0 rings (SSSR count). The number of allylic oxidation sites excluding steroid dienone is 10. The monoisotopic (exact) mass is 808 g/mol. The van der Waals surface area contributed by atoms with Gasteiger partial charge in [0.05, 0.1) is 34.4 Å². The Morgan fingerprint density at radius 2 is 1.04 bits per heavy atom. The summed E-state index contributed by atoms with van der Waals surface area (Å²) >= 11 is 0. The average molecular weight is 808 g/mol. The molecule has 0 bridgehead atoms. The molecule has 0 amide bonds. The Balaban J connectivity index is 4.18. The molecule has 0 aliphatic rings. The van der Waals surface area contributed by atoms with E-state index in [2.05, 4.69) is 74.6 Å². The van der Waals surface area contributed by atoms with Gasteiger partial charge < -0.3 is 27.9 Å². The van der Waals surface area contributed by atoms with Gasteiger partial charge in [0.1, 0.15) is 19.3 Å². The second-order valence-electron chi connectivity index (χ2n) is 16.0. The minimum absolute atomic E-state index is 0.0210. The summed E-state index contributed by atoms with van der Waals surface area (Å²) in [4.78, 5) is 25.0. The number of unbranched alkanes of at least 4 members (excludes halogenated alkanes) is 17. The van der Waals surface area contributed by atoms with Crippen LogP contribution in [0.25, 0.3) is 0 Å². The van der Waals surface area contributed by atoms with E-state index in [1.165, 1.54) is 83.5 Å². The summed E-state index contributed by atoms with van der Waals surface area (Å²) in [5, 5.41) is 0. The van der Waals surface area contributed by atoms with E-state index >= 15 is 0 Å². The van der Waals surface area contributed by atoms with Crippen molar-refractivity contribution in [2.24, 2.45) is 0 Å². The van der Waals surface area contributed by atoms with Crippen LogP contribution in [-0.4, -0.2) is 70.7 Å². The lowest BCUT2D eigenvalue weighted by Gasteiger charge is -2.28. The van der Waals surface area contributed by atoms with E-state index in [9.17, 15) is 14.3 Å². The number of ether oxygens (including phenoxy) is 2. The molecule has 0 aliphatic carbocycles. The molecule has 0 N–H and O–H groups in total. The first-order valence-electron chi connectivity index (χ1n) is 22.5. The molecule has 0 saturated heterocycles. The van der Waals surface area contributed by atoms with Crippen LogP contribution in [0.15, 0.2) is 60.8 Å². The molecule has 0 aromatic carbocycles. The van der Waals surface area contributed by atoms with E-state index in [1.54, 1.807) is 0 Å². The normalized spacial score (nSPS) is 14.3. The third kappa shape index (κ3) is 43.3. The molecular formula is C47H86NO7P. The SMILES string of the molecule is CC/C=C\C/C=C\C/C=C\C/C=C\CCCCCCCCCCCOCC(COP(=O)([O-])OCC[N+](C)(C)C)OC(=O)CCCCCCC/C=C\CCCCC. The van der Waals surface area contributed by atoms with Gasteiger partial charge in [-0.25, -0.2) is 0 Å². The first-order chi connectivity index (χ1) is 27.1. The summed E-state index contributed by atoms with van der Waals surface area (Å²) in [5.74, 6) is -0.348. The molecule has 0 saturated carbocycles. The van der Waals surface area contributed by atoms with E-state index < -0.39 is 13.9 Å². The zero-order valence-electron chi connectivity index (χ0n) is 36.8. The van der Waals surface area contributed by atoms with Gasteiger partial charge in [-0.3, -0.25) is 9.36 Å². The number of nitrogens with zero attached hydrogens (tertiary/aromatic N) is 1. The maximum atomic E-state index is 12.6. The summed E-state index contributed by atoms with van der Waals surface area (Å²) in [6.07, 6.45) is 49.5. The molecule has 2 unspecified atom stereocenters. The molecule has 2 atom stereocenters. The van der Waals surface area contributed by atoms with Gasteiger partial charge in [0.25, 0.3) is 7.82 Å². The van der Waals surface area contributed by atoms with Gasteiger partial charge in [0, 0.05) is 13.0 Å². The third-order valence-corrected chi connectivity index (χ3v) is 10.3. The molecule has 0 heterocycles. The maximum absolute atomic E-state index is 12.6. The summed E-state index contributed by atoms with van der Waals surface area (Å²) in [7, 11) is 1.34. The first kappa shape index (κ1) is 54.2. The van der Waals surface area contributed by atoms with Gasteiger partial charge in [-0.1, -0.05) is 152 Å². The summed E-state index contributed by atoms with van der Waals surface area (Å²) < 4.78 is 34.6. The fraction of sp³-hybridized carbons (Fsp3) is 0.766. The van der Waals surface area contributed by atoms with Crippen molar-refractivity contribution in [3.63, 3.8) is 0 Å². The predicted octanol–water partition coefficient (Wildman–Crippen LogP) is 12.7. The molecule has 0 radical (unpaired) electrons. The van der Waals surface area contributed by atoms with Crippen molar-refractivity contribution in [3.05, 3.63) is 60.8 Å². The van der Waals surface area contributed by atoms with Crippen LogP contribution < -0.4 is 4.89 Å². The van der Waals surface area contributed by atoms with Crippen LogP contribution in [0.4, 0.5) is 0 Å². The second-order valence-corrected chi connectivity index (χ2v) is 17.4. The number of hydrogen-bond donors (Lipinski definition) is 0. The van der Waals surface area contributed by atoms with Crippen molar-refractivity contribution in [2.75, 3.05) is 54.1 Å². The number of quaternary nitrogens is 1. The van der Waals surface area contributed by atoms with Gasteiger partial charge in [-0.2, -0.15) is 0 Å². The van der Waals surface area contributed by atoms with Crippen LogP contribution in [0.3, 0.4) is 0 Å². The number of phosphoric ester groups is 1.